The van der Waals surface area contributed by atoms with Crippen LogP contribution in [0.15, 0.2) is 182 Å². The van der Waals surface area contributed by atoms with E-state index in [-0.39, 0.29) is 0 Å². The summed E-state index contributed by atoms with van der Waals surface area (Å²) in [6.45, 7) is 0. The molecule has 8 aromatic carbocycles. The molecule has 0 saturated carbocycles. The molecule has 0 radical (unpaired) electrons. The number of fused-ring (bicyclic) bond motifs is 7. The van der Waals surface area contributed by atoms with Crippen LogP contribution in [0, 0.1) is 0 Å². The molecule has 260 valence electrons. The van der Waals surface area contributed by atoms with Gasteiger partial charge in [0, 0.05) is 75.3 Å². The van der Waals surface area contributed by atoms with Gasteiger partial charge >= 0.3 is 0 Å². The SMILES string of the molecule is c1ccc2cc3c(-c4sc5ccccc5c4-c4ccc5cccnc5c4)c4ccccc4c(-c4sc5ccccc5c4-c4ccc5cccnc5c4)c3cc2c1. The highest BCUT2D eigenvalue weighted by molar-refractivity contribution is 7.23. The molecule has 4 heterocycles. The number of rotatable bonds is 4. The zero-order valence-electron chi connectivity index (χ0n) is 30.0. The van der Waals surface area contributed by atoms with Crippen molar-refractivity contribution in [2.24, 2.45) is 0 Å². The molecule has 4 heteroatoms. The van der Waals surface area contributed by atoms with Gasteiger partial charge in [-0.15, -0.1) is 22.7 Å². The zero-order valence-corrected chi connectivity index (χ0v) is 31.7. The minimum absolute atomic E-state index is 1.00. The van der Waals surface area contributed by atoms with E-state index in [1.54, 1.807) is 0 Å². The number of benzene rings is 8. The van der Waals surface area contributed by atoms with Crippen molar-refractivity contribution in [1.82, 2.24) is 9.97 Å². The van der Waals surface area contributed by atoms with Gasteiger partial charge in [-0.05, 0) is 92.0 Å². The predicted octanol–water partition coefficient (Wildman–Crippen LogP) is 15.3. The van der Waals surface area contributed by atoms with E-state index in [0.717, 1.165) is 21.8 Å². The zero-order chi connectivity index (χ0) is 36.7. The van der Waals surface area contributed by atoms with Crippen LogP contribution in [0.25, 0.3) is 117 Å². The van der Waals surface area contributed by atoms with Crippen molar-refractivity contribution in [2.75, 3.05) is 0 Å². The van der Waals surface area contributed by atoms with Crippen molar-refractivity contribution in [2.45, 2.75) is 0 Å². The summed E-state index contributed by atoms with van der Waals surface area (Å²) in [4.78, 5) is 12.1. The largest absolute Gasteiger partial charge is 0.256 e. The number of hydrogen-bond acceptors (Lipinski definition) is 4. The summed E-state index contributed by atoms with van der Waals surface area (Å²) in [5, 5.41) is 12.3. The summed E-state index contributed by atoms with van der Waals surface area (Å²) in [6, 6.07) is 62.3. The fourth-order valence-electron chi connectivity index (χ4n) is 8.81. The lowest BCUT2D eigenvalue weighted by Crippen LogP contribution is -1.92. The average molecular weight is 747 g/mol. The Bertz CT molecular complexity index is 3320. The molecule has 0 bridgehead atoms. The predicted molar refractivity (Wildman–Crippen MR) is 242 cm³/mol. The van der Waals surface area contributed by atoms with E-state index in [4.69, 9.17) is 9.97 Å². The number of pyridine rings is 2. The summed E-state index contributed by atoms with van der Waals surface area (Å²) in [5.41, 5.74) is 9.45. The first-order valence-corrected chi connectivity index (χ1v) is 20.5. The molecule has 12 rings (SSSR count). The molecule has 0 N–H and O–H groups in total. The monoisotopic (exact) mass is 746 g/mol. The summed E-state index contributed by atoms with van der Waals surface area (Å²) >= 11 is 3.79. The second kappa shape index (κ2) is 12.4. The minimum Gasteiger partial charge on any atom is -0.256 e. The van der Waals surface area contributed by atoms with Crippen LogP contribution in [0.2, 0.25) is 0 Å². The van der Waals surface area contributed by atoms with Crippen molar-refractivity contribution >= 4 is 97.0 Å². The van der Waals surface area contributed by atoms with Crippen molar-refractivity contribution < 1.29 is 0 Å². The van der Waals surface area contributed by atoms with Gasteiger partial charge in [-0.25, -0.2) is 0 Å². The molecule has 0 atom stereocenters. The molecule has 0 aliphatic heterocycles. The highest BCUT2D eigenvalue weighted by Crippen LogP contribution is 2.55. The van der Waals surface area contributed by atoms with Gasteiger partial charge in [0.15, 0.2) is 0 Å². The molecule has 2 nitrogen and oxygen atoms in total. The van der Waals surface area contributed by atoms with Crippen molar-refractivity contribution in [1.29, 1.82) is 0 Å². The number of hydrogen-bond donors (Lipinski definition) is 0. The van der Waals surface area contributed by atoms with E-state index in [9.17, 15) is 0 Å². The lowest BCUT2D eigenvalue weighted by Gasteiger charge is -2.19. The van der Waals surface area contributed by atoms with E-state index in [1.165, 1.54) is 95.6 Å². The molecule has 0 amide bonds. The molecule has 4 aromatic heterocycles. The first-order chi connectivity index (χ1) is 27.8. The normalized spacial score (nSPS) is 11.9. The maximum absolute atomic E-state index is 4.78. The maximum atomic E-state index is 4.78. The Morgan fingerprint density at radius 1 is 0.304 bits per heavy atom. The van der Waals surface area contributed by atoms with Gasteiger partial charge in [-0.2, -0.15) is 0 Å². The molecule has 0 aliphatic carbocycles. The first-order valence-electron chi connectivity index (χ1n) is 18.9. The third-order valence-electron chi connectivity index (χ3n) is 11.3. The van der Waals surface area contributed by atoms with Gasteiger partial charge in [-0.1, -0.05) is 121 Å². The third kappa shape index (κ3) is 4.80. The summed E-state index contributed by atoms with van der Waals surface area (Å²) in [7, 11) is 0. The Balaban J connectivity index is 1.24. The van der Waals surface area contributed by atoms with Crippen LogP contribution in [0.1, 0.15) is 0 Å². The molecule has 0 unspecified atom stereocenters. The summed E-state index contributed by atoms with van der Waals surface area (Å²) < 4.78 is 2.55. The van der Waals surface area contributed by atoms with Crippen LogP contribution >= 0.6 is 22.7 Å². The number of nitrogens with zero attached hydrogens (tertiary/aromatic N) is 2. The topological polar surface area (TPSA) is 25.8 Å². The van der Waals surface area contributed by atoms with Crippen LogP contribution in [-0.2, 0) is 0 Å². The van der Waals surface area contributed by atoms with Gasteiger partial charge in [-0.3, -0.25) is 9.97 Å². The molecular formula is C52H30N2S2. The Morgan fingerprint density at radius 3 is 1.20 bits per heavy atom. The van der Waals surface area contributed by atoms with Crippen LogP contribution in [0.3, 0.4) is 0 Å². The highest BCUT2D eigenvalue weighted by atomic mass is 32.1. The Kier molecular flexibility index (Phi) is 7.00. The molecular weight excluding hydrogens is 717 g/mol. The fraction of sp³-hybridized carbons (Fsp3) is 0. The standard InChI is InChI=1S/C52H30N2S2/c1-2-12-34-28-42-41(27-33(34)11-1)49(51-47(39-17-5-7-19-45(39)55-51)35-23-21-31-13-9-25-53-43(31)29-35)37-15-3-4-16-38(37)50(42)52-48(40-18-6-8-20-46(40)56-52)36-24-22-32-14-10-26-54-44(32)30-36/h1-30H. The van der Waals surface area contributed by atoms with Gasteiger partial charge in [0.1, 0.15) is 0 Å². The summed E-state index contributed by atoms with van der Waals surface area (Å²) in [5.74, 6) is 0. The van der Waals surface area contributed by atoms with Crippen LogP contribution < -0.4 is 0 Å². The highest BCUT2D eigenvalue weighted by Gasteiger charge is 2.26. The van der Waals surface area contributed by atoms with E-state index >= 15 is 0 Å². The average Bonchev–Trinajstić information content (AvgIpc) is 3.83. The van der Waals surface area contributed by atoms with Crippen molar-refractivity contribution in [3.63, 3.8) is 0 Å². The van der Waals surface area contributed by atoms with Crippen molar-refractivity contribution in [3.8, 4) is 43.1 Å². The van der Waals surface area contributed by atoms with Gasteiger partial charge < -0.3 is 0 Å². The van der Waals surface area contributed by atoms with E-state index in [1.807, 2.05) is 47.2 Å². The number of aromatic nitrogens is 2. The molecule has 0 aliphatic rings. The number of thiophene rings is 2. The Labute approximate surface area is 330 Å². The lowest BCUT2D eigenvalue weighted by atomic mass is 9.85. The molecule has 0 spiro atoms. The molecule has 56 heavy (non-hydrogen) atoms. The third-order valence-corrected chi connectivity index (χ3v) is 13.7. The van der Waals surface area contributed by atoms with Crippen LogP contribution in [-0.4, -0.2) is 9.97 Å². The second-order valence-electron chi connectivity index (χ2n) is 14.5. The smallest absolute Gasteiger partial charge is 0.0708 e. The molecule has 0 fully saturated rings. The lowest BCUT2D eigenvalue weighted by molar-refractivity contribution is 1.41. The van der Waals surface area contributed by atoms with Crippen molar-refractivity contribution in [3.05, 3.63) is 182 Å². The molecule has 0 saturated heterocycles. The quantitative estimate of drug-likeness (QED) is 0.168. The first kappa shape index (κ1) is 31.6. The van der Waals surface area contributed by atoms with E-state index in [2.05, 4.69) is 158 Å². The second-order valence-corrected chi connectivity index (χ2v) is 16.6. The van der Waals surface area contributed by atoms with Gasteiger partial charge in [0.25, 0.3) is 0 Å². The van der Waals surface area contributed by atoms with E-state index < -0.39 is 0 Å². The Morgan fingerprint density at radius 2 is 0.714 bits per heavy atom. The minimum atomic E-state index is 1.00. The maximum Gasteiger partial charge on any atom is 0.0708 e. The van der Waals surface area contributed by atoms with E-state index in [0.29, 0.717) is 0 Å². The van der Waals surface area contributed by atoms with Crippen LogP contribution in [0.5, 0.6) is 0 Å². The van der Waals surface area contributed by atoms with Gasteiger partial charge in [0.2, 0.25) is 0 Å². The summed E-state index contributed by atoms with van der Waals surface area (Å²) in [6.07, 6.45) is 3.78. The van der Waals surface area contributed by atoms with Gasteiger partial charge in [0.05, 0.1) is 11.0 Å². The molecule has 12 aromatic rings. The fourth-order valence-corrected chi connectivity index (χ4v) is 11.4. The van der Waals surface area contributed by atoms with Crippen LogP contribution in [0.4, 0.5) is 0 Å². The Hall–Kier alpha value is -6.72.